The Hall–Kier alpha value is -3.20. The van der Waals surface area contributed by atoms with Crippen LogP contribution in [0.3, 0.4) is 0 Å². The first-order valence-electron chi connectivity index (χ1n) is 8.83. The minimum Gasteiger partial charge on any atom is -0.457 e. The molecule has 0 N–H and O–H groups in total. The number of esters is 1. The predicted octanol–water partition coefficient (Wildman–Crippen LogP) is 3.16. The van der Waals surface area contributed by atoms with Crippen molar-refractivity contribution in [1.29, 1.82) is 0 Å². The molecule has 29 heavy (non-hydrogen) atoms. The van der Waals surface area contributed by atoms with Crippen molar-refractivity contribution in [3.8, 4) is 0 Å². The van der Waals surface area contributed by atoms with Gasteiger partial charge in [0.05, 0.1) is 22.8 Å². The lowest BCUT2D eigenvalue weighted by molar-refractivity contribution is -0.385. The summed E-state index contributed by atoms with van der Waals surface area (Å²) >= 11 is 1.45. The second-order valence-electron chi connectivity index (χ2n) is 6.39. The summed E-state index contributed by atoms with van der Waals surface area (Å²) in [5.74, 6) is -0.943. The zero-order chi connectivity index (χ0) is 21.0. The molecule has 0 unspecified atom stereocenters. The maximum Gasteiger partial charge on any atom is 0.308 e. The smallest absolute Gasteiger partial charge is 0.308 e. The molecule has 1 aliphatic rings. The minimum absolute atomic E-state index is 0.0634. The third-order valence-corrected chi connectivity index (χ3v) is 5.49. The number of ketones is 1. The van der Waals surface area contributed by atoms with Crippen LogP contribution in [0, 0.1) is 17.0 Å². The zero-order valence-electron chi connectivity index (χ0n) is 15.6. The summed E-state index contributed by atoms with van der Waals surface area (Å²) in [6.07, 6.45) is -0.0634. The van der Waals surface area contributed by atoms with Gasteiger partial charge < -0.3 is 9.64 Å². The van der Waals surface area contributed by atoms with E-state index in [1.807, 2.05) is 24.3 Å². The average Bonchev–Trinajstić information content (AvgIpc) is 2.71. The topological polar surface area (TPSA) is 107 Å². The van der Waals surface area contributed by atoms with E-state index in [2.05, 4.69) is 0 Å². The maximum absolute atomic E-state index is 12.2. The Morgan fingerprint density at radius 2 is 2.00 bits per heavy atom. The summed E-state index contributed by atoms with van der Waals surface area (Å²) in [5.41, 5.74) is 1.13. The van der Waals surface area contributed by atoms with Crippen LogP contribution in [0.25, 0.3) is 0 Å². The highest BCUT2D eigenvalue weighted by Crippen LogP contribution is 2.34. The Morgan fingerprint density at radius 1 is 1.24 bits per heavy atom. The molecule has 3 rings (SSSR count). The lowest BCUT2D eigenvalue weighted by Gasteiger charge is -2.28. The molecule has 0 radical (unpaired) electrons. The highest BCUT2D eigenvalue weighted by Gasteiger charge is 2.25. The van der Waals surface area contributed by atoms with E-state index in [1.54, 1.807) is 6.92 Å². The number of thioether (sulfide) groups is 1. The molecule has 2 aromatic carbocycles. The van der Waals surface area contributed by atoms with Gasteiger partial charge in [-0.05, 0) is 19.1 Å². The number of benzene rings is 2. The molecule has 1 amide bonds. The molecule has 1 heterocycles. The number of nitro benzene ring substituents is 1. The quantitative estimate of drug-likeness (QED) is 0.296. The number of amides is 1. The van der Waals surface area contributed by atoms with Gasteiger partial charge in [-0.2, -0.15) is 0 Å². The second kappa shape index (κ2) is 8.87. The Morgan fingerprint density at radius 3 is 2.76 bits per heavy atom. The van der Waals surface area contributed by atoms with E-state index in [1.165, 1.54) is 34.9 Å². The van der Waals surface area contributed by atoms with Gasteiger partial charge in [-0.25, -0.2) is 0 Å². The van der Waals surface area contributed by atoms with E-state index in [0.717, 1.165) is 10.6 Å². The number of ether oxygens (including phenoxy) is 1. The number of para-hydroxylation sites is 1. The molecule has 0 fully saturated rings. The standard InChI is InChI=1S/C20H18N2O6S/c1-13-6-7-14(10-16(13)22(26)27)17(23)11-28-20(25)8-9-21-15-4-2-3-5-18(15)29-12-19(21)24/h2-7,10H,8-9,11-12H2,1H3. The van der Waals surface area contributed by atoms with Gasteiger partial charge >= 0.3 is 5.97 Å². The molecule has 0 aromatic heterocycles. The van der Waals surface area contributed by atoms with Gasteiger partial charge in [0.25, 0.3) is 5.69 Å². The summed E-state index contributed by atoms with van der Waals surface area (Å²) in [6.45, 7) is 1.21. The summed E-state index contributed by atoms with van der Waals surface area (Å²) in [6, 6.07) is 11.5. The number of rotatable bonds is 7. The number of hydrogen-bond acceptors (Lipinski definition) is 7. The fourth-order valence-electron chi connectivity index (χ4n) is 2.88. The number of nitrogens with zero attached hydrogens (tertiary/aromatic N) is 2. The molecule has 0 aliphatic carbocycles. The van der Waals surface area contributed by atoms with Crippen molar-refractivity contribution in [1.82, 2.24) is 0 Å². The molecule has 0 saturated carbocycles. The van der Waals surface area contributed by atoms with Crippen molar-refractivity contribution in [2.24, 2.45) is 0 Å². The lowest BCUT2D eigenvalue weighted by atomic mass is 10.1. The zero-order valence-corrected chi connectivity index (χ0v) is 16.4. The third-order valence-electron chi connectivity index (χ3n) is 4.44. The summed E-state index contributed by atoms with van der Waals surface area (Å²) in [4.78, 5) is 49.3. The predicted molar refractivity (Wildman–Crippen MR) is 107 cm³/mol. The first-order valence-corrected chi connectivity index (χ1v) is 9.81. The summed E-state index contributed by atoms with van der Waals surface area (Å²) < 4.78 is 5.00. The number of Topliss-reactive ketones (excluding diaryl/α,β-unsaturated/α-hetero) is 1. The van der Waals surface area contributed by atoms with E-state index in [0.29, 0.717) is 11.3 Å². The lowest BCUT2D eigenvalue weighted by Crippen LogP contribution is -2.37. The Kier molecular flexibility index (Phi) is 6.28. The van der Waals surface area contributed by atoms with Crippen molar-refractivity contribution < 1.29 is 24.0 Å². The van der Waals surface area contributed by atoms with Gasteiger partial charge in [-0.3, -0.25) is 24.5 Å². The number of nitro groups is 1. The molecule has 0 spiro atoms. The first-order chi connectivity index (χ1) is 13.9. The van der Waals surface area contributed by atoms with Crippen molar-refractivity contribution >= 4 is 40.8 Å². The SMILES string of the molecule is Cc1ccc(C(=O)COC(=O)CCN2C(=O)CSc3ccccc32)cc1[N+](=O)[O-]. The normalized spacial score (nSPS) is 13.0. The van der Waals surface area contributed by atoms with Crippen molar-refractivity contribution in [3.63, 3.8) is 0 Å². The van der Waals surface area contributed by atoms with Gasteiger partial charge in [0.1, 0.15) is 0 Å². The molecule has 0 atom stereocenters. The minimum atomic E-state index is -0.622. The van der Waals surface area contributed by atoms with Crippen molar-refractivity contribution in [2.75, 3.05) is 23.8 Å². The number of anilines is 1. The fourth-order valence-corrected chi connectivity index (χ4v) is 3.82. The largest absolute Gasteiger partial charge is 0.457 e. The van der Waals surface area contributed by atoms with Crippen LogP contribution in [0.15, 0.2) is 47.4 Å². The fraction of sp³-hybridized carbons (Fsp3) is 0.250. The van der Waals surface area contributed by atoms with E-state index in [9.17, 15) is 24.5 Å². The van der Waals surface area contributed by atoms with Crippen LogP contribution in [0.1, 0.15) is 22.3 Å². The van der Waals surface area contributed by atoms with E-state index < -0.39 is 23.3 Å². The molecule has 9 heteroatoms. The molecule has 8 nitrogen and oxygen atoms in total. The van der Waals surface area contributed by atoms with Crippen LogP contribution in [0.5, 0.6) is 0 Å². The molecule has 150 valence electrons. The molecule has 1 aliphatic heterocycles. The Balaban J connectivity index is 1.56. The van der Waals surface area contributed by atoms with E-state index in [4.69, 9.17) is 4.74 Å². The van der Waals surface area contributed by atoms with Crippen LogP contribution < -0.4 is 4.90 Å². The van der Waals surface area contributed by atoms with Crippen LogP contribution in [0.2, 0.25) is 0 Å². The van der Waals surface area contributed by atoms with Gasteiger partial charge in [-0.15, -0.1) is 11.8 Å². The van der Waals surface area contributed by atoms with Gasteiger partial charge in [0.2, 0.25) is 11.7 Å². The first kappa shape index (κ1) is 20.5. The van der Waals surface area contributed by atoms with Crippen LogP contribution >= 0.6 is 11.8 Å². The average molecular weight is 414 g/mol. The molecular weight excluding hydrogens is 396 g/mol. The Bertz CT molecular complexity index is 991. The van der Waals surface area contributed by atoms with Crippen molar-refractivity contribution in [2.45, 2.75) is 18.2 Å². The van der Waals surface area contributed by atoms with Crippen LogP contribution in [0.4, 0.5) is 11.4 Å². The summed E-state index contributed by atoms with van der Waals surface area (Å²) in [7, 11) is 0. The maximum atomic E-state index is 12.2. The van der Waals surface area contributed by atoms with Gasteiger partial charge in [0.15, 0.2) is 6.61 Å². The van der Waals surface area contributed by atoms with Gasteiger partial charge in [0, 0.05) is 28.6 Å². The van der Waals surface area contributed by atoms with Crippen LogP contribution in [-0.2, 0) is 14.3 Å². The number of fused-ring (bicyclic) bond motifs is 1. The highest BCUT2D eigenvalue weighted by molar-refractivity contribution is 8.00. The number of carbonyl (C=O) groups excluding carboxylic acids is 3. The van der Waals surface area contributed by atoms with Crippen LogP contribution in [-0.4, -0.2) is 41.5 Å². The second-order valence-corrected chi connectivity index (χ2v) is 7.41. The highest BCUT2D eigenvalue weighted by atomic mass is 32.2. The Labute approximate surface area is 171 Å². The summed E-state index contributed by atoms with van der Waals surface area (Å²) in [5, 5.41) is 11.0. The van der Waals surface area contributed by atoms with Gasteiger partial charge in [-0.1, -0.05) is 24.3 Å². The number of carbonyl (C=O) groups is 3. The molecule has 0 saturated heterocycles. The molecule has 2 aromatic rings. The van der Waals surface area contributed by atoms with E-state index >= 15 is 0 Å². The van der Waals surface area contributed by atoms with Crippen molar-refractivity contribution in [3.05, 3.63) is 63.7 Å². The number of hydrogen-bond donors (Lipinski definition) is 0. The molecular formula is C20H18N2O6S. The molecule has 0 bridgehead atoms. The monoisotopic (exact) mass is 414 g/mol. The third kappa shape index (κ3) is 4.80. The van der Waals surface area contributed by atoms with E-state index in [-0.39, 0.29) is 30.1 Å². The number of aryl methyl sites for hydroxylation is 1.